The molecule has 0 saturated heterocycles. The first-order valence-corrected chi connectivity index (χ1v) is 9.47. The number of rotatable bonds is 6. The largest absolute Gasteiger partial charge is 0.459 e. The Morgan fingerprint density at radius 2 is 1.62 bits per heavy atom. The second-order valence-corrected chi connectivity index (χ2v) is 8.07. The molecule has 0 amide bonds. The number of benzene rings is 2. The van der Waals surface area contributed by atoms with E-state index in [0.29, 0.717) is 0 Å². The molecule has 6 nitrogen and oxygen atoms in total. The van der Waals surface area contributed by atoms with Gasteiger partial charge in [0.1, 0.15) is 12.2 Å². The number of hydrogen-bond acceptors (Lipinski definition) is 5. The van der Waals surface area contributed by atoms with Crippen LogP contribution >= 0.6 is 0 Å². The van der Waals surface area contributed by atoms with Crippen molar-refractivity contribution in [2.75, 3.05) is 0 Å². The van der Waals surface area contributed by atoms with Gasteiger partial charge in [0.05, 0.1) is 0 Å². The van der Waals surface area contributed by atoms with Crippen LogP contribution in [0, 0.1) is 0 Å². The Labute approximate surface area is 170 Å². The molecule has 29 heavy (non-hydrogen) atoms. The van der Waals surface area contributed by atoms with Gasteiger partial charge in [-0.05, 0) is 38.0 Å². The summed E-state index contributed by atoms with van der Waals surface area (Å²) in [4.78, 5) is 29.0. The van der Waals surface area contributed by atoms with E-state index in [4.69, 9.17) is 15.2 Å². The highest BCUT2D eigenvalue weighted by atomic mass is 16.6. The molecule has 0 spiro atoms. The van der Waals surface area contributed by atoms with Crippen molar-refractivity contribution in [3.8, 4) is 0 Å². The number of aromatic nitrogens is 1. The lowest BCUT2D eigenvalue weighted by Gasteiger charge is -2.29. The molecule has 0 aliphatic heterocycles. The van der Waals surface area contributed by atoms with Crippen LogP contribution in [-0.4, -0.2) is 28.1 Å². The Hall–Kier alpha value is -3.12. The Kier molecular flexibility index (Phi) is 5.75. The van der Waals surface area contributed by atoms with Gasteiger partial charge in [-0.2, -0.15) is 0 Å². The second-order valence-electron chi connectivity index (χ2n) is 8.07. The third kappa shape index (κ3) is 4.84. The zero-order chi connectivity index (χ0) is 21.1. The minimum atomic E-state index is -1.97. The van der Waals surface area contributed by atoms with Gasteiger partial charge in [-0.25, -0.2) is 9.59 Å². The van der Waals surface area contributed by atoms with Gasteiger partial charge < -0.3 is 20.2 Å². The normalized spacial score (nSPS) is 13.7. The third-order valence-electron chi connectivity index (χ3n) is 4.48. The van der Waals surface area contributed by atoms with Crippen LogP contribution in [0.1, 0.15) is 31.9 Å². The number of carbonyl (C=O) groups is 2. The van der Waals surface area contributed by atoms with Gasteiger partial charge in [0, 0.05) is 23.5 Å². The molecule has 0 unspecified atom stereocenters. The minimum absolute atomic E-state index is 0.0231. The molecule has 3 aromatic rings. The van der Waals surface area contributed by atoms with Crippen molar-refractivity contribution in [3.05, 3.63) is 71.9 Å². The maximum atomic E-state index is 13.0. The molecular weight excluding hydrogens is 368 g/mol. The van der Waals surface area contributed by atoms with E-state index in [1.165, 1.54) is 0 Å². The highest BCUT2D eigenvalue weighted by Gasteiger charge is 2.47. The first-order chi connectivity index (χ1) is 13.7. The van der Waals surface area contributed by atoms with E-state index >= 15 is 0 Å². The predicted octanol–water partition coefficient (Wildman–Crippen LogP) is 3.49. The number of aromatic amines is 1. The summed E-state index contributed by atoms with van der Waals surface area (Å²) < 4.78 is 10.9. The molecule has 0 aliphatic carbocycles. The van der Waals surface area contributed by atoms with Crippen molar-refractivity contribution < 1.29 is 19.1 Å². The van der Waals surface area contributed by atoms with Gasteiger partial charge in [-0.1, -0.05) is 48.5 Å². The lowest BCUT2D eigenvalue weighted by molar-refractivity contribution is -0.172. The fourth-order valence-electron chi connectivity index (χ4n) is 3.03. The number of H-pyrrole nitrogens is 1. The van der Waals surface area contributed by atoms with Crippen molar-refractivity contribution >= 4 is 22.8 Å². The number of ether oxygens (including phenoxy) is 2. The SMILES string of the molecule is CC(C)(C)OC(=O)[C@](N)(Cc1c[nH]c2ccccc12)C(=O)OCc1ccccc1. The molecule has 1 aromatic heterocycles. The van der Waals surface area contributed by atoms with Gasteiger partial charge in [0.2, 0.25) is 5.54 Å². The van der Waals surface area contributed by atoms with Crippen LogP contribution in [0.4, 0.5) is 0 Å². The molecule has 2 aromatic carbocycles. The lowest BCUT2D eigenvalue weighted by atomic mass is 9.91. The number of hydrogen-bond donors (Lipinski definition) is 2. The molecule has 152 valence electrons. The van der Waals surface area contributed by atoms with Crippen molar-refractivity contribution in [1.82, 2.24) is 4.98 Å². The summed E-state index contributed by atoms with van der Waals surface area (Å²) in [5, 5.41) is 0.891. The van der Waals surface area contributed by atoms with E-state index in [-0.39, 0.29) is 13.0 Å². The highest BCUT2D eigenvalue weighted by Crippen LogP contribution is 2.25. The summed E-state index contributed by atoms with van der Waals surface area (Å²) in [5.41, 5.74) is 6.06. The van der Waals surface area contributed by atoms with E-state index < -0.39 is 23.1 Å². The number of fused-ring (bicyclic) bond motifs is 1. The standard InChI is InChI=1S/C23H26N2O4/c1-22(2,3)29-21(27)23(24,20(26)28-15-16-9-5-4-6-10-16)13-17-14-25-19-12-8-7-11-18(17)19/h4-12,14,25H,13,15,24H2,1-3H3/t23-/m0/s1. The second kappa shape index (κ2) is 8.09. The topological polar surface area (TPSA) is 94.4 Å². The maximum absolute atomic E-state index is 13.0. The highest BCUT2D eigenvalue weighted by molar-refractivity contribution is 6.05. The van der Waals surface area contributed by atoms with Gasteiger partial charge in [0.25, 0.3) is 0 Å². The molecular formula is C23H26N2O4. The molecule has 0 saturated carbocycles. The van der Waals surface area contributed by atoms with Crippen LogP contribution < -0.4 is 5.73 Å². The summed E-state index contributed by atoms with van der Waals surface area (Å²) in [7, 11) is 0. The van der Waals surface area contributed by atoms with Gasteiger partial charge in [-0.15, -0.1) is 0 Å². The average molecular weight is 394 g/mol. The molecule has 0 fully saturated rings. The van der Waals surface area contributed by atoms with Crippen molar-refractivity contribution in [3.63, 3.8) is 0 Å². The first-order valence-electron chi connectivity index (χ1n) is 9.47. The summed E-state index contributed by atoms with van der Waals surface area (Å²) in [6.07, 6.45) is 1.71. The summed E-state index contributed by atoms with van der Waals surface area (Å²) in [6.45, 7) is 5.21. The Bertz CT molecular complexity index is 1000. The third-order valence-corrected chi connectivity index (χ3v) is 4.48. The predicted molar refractivity (Wildman–Crippen MR) is 111 cm³/mol. The van der Waals surface area contributed by atoms with E-state index in [2.05, 4.69) is 4.98 Å². The number of para-hydroxylation sites is 1. The van der Waals surface area contributed by atoms with Crippen LogP contribution in [0.2, 0.25) is 0 Å². The molecule has 1 atom stereocenters. The zero-order valence-electron chi connectivity index (χ0n) is 16.9. The molecule has 3 N–H and O–H groups in total. The maximum Gasteiger partial charge on any atom is 0.338 e. The van der Waals surface area contributed by atoms with Gasteiger partial charge >= 0.3 is 11.9 Å². The quantitative estimate of drug-likeness (QED) is 0.493. The van der Waals surface area contributed by atoms with E-state index in [1.54, 1.807) is 27.0 Å². The van der Waals surface area contributed by atoms with Crippen LogP contribution in [0.25, 0.3) is 10.9 Å². The zero-order valence-corrected chi connectivity index (χ0v) is 16.9. The Balaban J connectivity index is 1.88. The average Bonchev–Trinajstić information content (AvgIpc) is 3.08. The first kappa shape index (κ1) is 20.6. The van der Waals surface area contributed by atoms with Crippen LogP contribution in [0.3, 0.4) is 0 Å². The molecule has 0 aliphatic rings. The molecule has 3 rings (SSSR count). The van der Waals surface area contributed by atoms with Crippen molar-refractivity contribution in [2.24, 2.45) is 5.73 Å². The lowest BCUT2D eigenvalue weighted by Crippen LogP contribution is -2.59. The monoisotopic (exact) mass is 394 g/mol. The van der Waals surface area contributed by atoms with Crippen LogP contribution in [-0.2, 0) is 32.1 Å². The van der Waals surface area contributed by atoms with Gasteiger partial charge in [0.15, 0.2) is 0 Å². The number of nitrogens with one attached hydrogen (secondary N) is 1. The smallest absolute Gasteiger partial charge is 0.338 e. The van der Waals surface area contributed by atoms with E-state index in [9.17, 15) is 9.59 Å². The van der Waals surface area contributed by atoms with E-state index in [0.717, 1.165) is 22.0 Å². The van der Waals surface area contributed by atoms with Crippen LogP contribution in [0.5, 0.6) is 0 Å². The van der Waals surface area contributed by atoms with Gasteiger partial charge in [-0.3, -0.25) is 0 Å². The number of nitrogens with two attached hydrogens (primary N) is 1. The Morgan fingerprint density at radius 1 is 0.966 bits per heavy atom. The van der Waals surface area contributed by atoms with E-state index in [1.807, 2.05) is 54.6 Å². The molecule has 6 heteroatoms. The fraction of sp³-hybridized carbons (Fsp3) is 0.304. The summed E-state index contributed by atoms with van der Waals surface area (Å²) in [5.74, 6) is -1.63. The molecule has 0 bridgehead atoms. The number of esters is 2. The van der Waals surface area contributed by atoms with Crippen molar-refractivity contribution in [2.45, 2.75) is 44.9 Å². The molecule has 0 radical (unpaired) electrons. The number of carbonyl (C=O) groups excluding carboxylic acids is 2. The van der Waals surface area contributed by atoms with Crippen LogP contribution in [0.15, 0.2) is 60.8 Å². The fourth-order valence-corrected chi connectivity index (χ4v) is 3.03. The Morgan fingerprint density at radius 3 is 2.31 bits per heavy atom. The van der Waals surface area contributed by atoms with Crippen molar-refractivity contribution in [1.29, 1.82) is 0 Å². The molecule has 1 heterocycles. The minimum Gasteiger partial charge on any atom is -0.459 e. The summed E-state index contributed by atoms with van der Waals surface area (Å²) in [6, 6.07) is 16.8. The summed E-state index contributed by atoms with van der Waals surface area (Å²) >= 11 is 0.